The summed E-state index contributed by atoms with van der Waals surface area (Å²) in [4.78, 5) is 27.3. The van der Waals surface area contributed by atoms with E-state index in [2.05, 4.69) is 29.4 Å². The maximum Gasteiger partial charge on any atom is 0.255 e. The Labute approximate surface area is 171 Å². The van der Waals surface area contributed by atoms with Crippen LogP contribution in [0.5, 0.6) is 5.75 Å². The van der Waals surface area contributed by atoms with Gasteiger partial charge < -0.3 is 20.3 Å². The van der Waals surface area contributed by atoms with Crippen LogP contribution in [-0.2, 0) is 4.79 Å². The van der Waals surface area contributed by atoms with Gasteiger partial charge in [-0.2, -0.15) is 0 Å². The number of nitrogens with zero attached hydrogens (tertiary/aromatic N) is 1. The van der Waals surface area contributed by atoms with Crippen LogP contribution in [-0.4, -0.2) is 49.5 Å². The van der Waals surface area contributed by atoms with Crippen molar-refractivity contribution in [1.29, 1.82) is 0 Å². The predicted octanol–water partition coefficient (Wildman–Crippen LogP) is 3.17. The number of hydrogen-bond donors (Lipinski definition) is 2. The van der Waals surface area contributed by atoms with Gasteiger partial charge in [-0.1, -0.05) is 38.1 Å². The lowest BCUT2D eigenvalue weighted by Crippen LogP contribution is -2.34. The van der Waals surface area contributed by atoms with Gasteiger partial charge in [0.1, 0.15) is 12.4 Å². The van der Waals surface area contributed by atoms with E-state index in [1.165, 1.54) is 0 Å². The second-order valence-corrected chi connectivity index (χ2v) is 6.81. The fourth-order valence-corrected chi connectivity index (χ4v) is 3.17. The zero-order valence-electron chi connectivity index (χ0n) is 16.9. The van der Waals surface area contributed by atoms with Crippen LogP contribution in [0.1, 0.15) is 29.8 Å². The summed E-state index contributed by atoms with van der Waals surface area (Å²) in [7, 11) is 0. The molecule has 6 heteroatoms. The van der Waals surface area contributed by atoms with E-state index in [1.54, 1.807) is 24.3 Å². The van der Waals surface area contributed by atoms with Gasteiger partial charge in [0, 0.05) is 29.9 Å². The van der Waals surface area contributed by atoms with Crippen molar-refractivity contribution in [3.8, 4) is 5.75 Å². The average Bonchev–Trinajstić information content (AvgIpc) is 2.76. The lowest BCUT2D eigenvalue weighted by atomic mass is 10.1. The molecule has 0 unspecified atom stereocenters. The average molecular weight is 393 g/mol. The maximum atomic E-state index is 12.6. The molecular formula is C23H27N3O3. The standard InChI is InChI=1S/C23H27N3O3/c1-3-26(4-2)13-12-24-22(27)18-9-7-10-20(15-18)25-23(28)19-14-17-8-5-6-11-21(17)29-16-19/h5-11,14-15H,3-4,12-13,16H2,1-2H3,(H,24,27)(H,25,28). The number of hydrogen-bond acceptors (Lipinski definition) is 4. The molecule has 1 heterocycles. The van der Waals surface area contributed by atoms with E-state index < -0.39 is 0 Å². The van der Waals surface area contributed by atoms with Crippen LogP contribution in [0.25, 0.3) is 6.08 Å². The molecule has 6 nitrogen and oxygen atoms in total. The molecule has 0 radical (unpaired) electrons. The predicted molar refractivity (Wildman–Crippen MR) is 115 cm³/mol. The molecule has 3 rings (SSSR count). The molecule has 2 aromatic carbocycles. The second kappa shape index (κ2) is 9.89. The number of benzene rings is 2. The smallest absolute Gasteiger partial charge is 0.255 e. The monoisotopic (exact) mass is 393 g/mol. The van der Waals surface area contributed by atoms with Crippen molar-refractivity contribution < 1.29 is 14.3 Å². The van der Waals surface area contributed by atoms with E-state index in [-0.39, 0.29) is 18.4 Å². The highest BCUT2D eigenvalue weighted by Gasteiger charge is 2.17. The fraction of sp³-hybridized carbons (Fsp3) is 0.304. The highest BCUT2D eigenvalue weighted by atomic mass is 16.5. The first-order valence-electron chi connectivity index (χ1n) is 9.95. The van der Waals surface area contributed by atoms with Gasteiger partial charge in [-0.15, -0.1) is 0 Å². The van der Waals surface area contributed by atoms with Crippen LogP contribution >= 0.6 is 0 Å². The Kier molecular flexibility index (Phi) is 7.03. The number of anilines is 1. The van der Waals surface area contributed by atoms with E-state index in [0.29, 0.717) is 23.4 Å². The summed E-state index contributed by atoms with van der Waals surface area (Å²) < 4.78 is 5.64. The SMILES string of the molecule is CCN(CC)CCNC(=O)c1cccc(NC(=O)C2=Cc3ccccc3OC2)c1. The van der Waals surface area contributed by atoms with Gasteiger partial charge in [-0.3, -0.25) is 9.59 Å². The molecule has 2 amide bonds. The van der Waals surface area contributed by atoms with Crippen LogP contribution in [0.15, 0.2) is 54.1 Å². The van der Waals surface area contributed by atoms with Gasteiger partial charge in [0.2, 0.25) is 0 Å². The van der Waals surface area contributed by atoms with Gasteiger partial charge in [-0.25, -0.2) is 0 Å². The minimum absolute atomic E-state index is 0.151. The number of nitrogens with one attached hydrogen (secondary N) is 2. The molecule has 0 bridgehead atoms. The summed E-state index contributed by atoms with van der Waals surface area (Å²) >= 11 is 0. The van der Waals surface area contributed by atoms with E-state index in [4.69, 9.17) is 4.74 Å². The Morgan fingerprint density at radius 1 is 1.03 bits per heavy atom. The maximum absolute atomic E-state index is 12.6. The van der Waals surface area contributed by atoms with Crippen molar-refractivity contribution in [1.82, 2.24) is 10.2 Å². The molecule has 0 saturated heterocycles. The normalized spacial score (nSPS) is 12.6. The van der Waals surface area contributed by atoms with Crippen LogP contribution in [0.4, 0.5) is 5.69 Å². The van der Waals surface area contributed by atoms with Gasteiger partial charge in [0.25, 0.3) is 11.8 Å². The molecule has 152 valence electrons. The third-order valence-corrected chi connectivity index (χ3v) is 4.91. The molecule has 1 aliphatic rings. The Hall–Kier alpha value is -3.12. The molecule has 1 aliphatic heterocycles. The van der Waals surface area contributed by atoms with Crippen LogP contribution < -0.4 is 15.4 Å². The topological polar surface area (TPSA) is 70.7 Å². The number of rotatable bonds is 8. The molecule has 0 saturated carbocycles. The van der Waals surface area contributed by atoms with Crippen molar-refractivity contribution in [2.45, 2.75) is 13.8 Å². The molecule has 2 N–H and O–H groups in total. The lowest BCUT2D eigenvalue weighted by molar-refractivity contribution is -0.113. The summed E-state index contributed by atoms with van der Waals surface area (Å²) in [6.45, 7) is 7.72. The Balaban J connectivity index is 1.60. The van der Waals surface area contributed by atoms with E-state index in [0.717, 1.165) is 30.9 Å². The Morgan fingerprint density at radius 2 is 1.83 bits per heavy atom. The quantitative estimate of drug-likeness (QED) is 0.723. The number of amides is 2. The van der Waals surface area contributed by atoms with Crippen molar-refractivity contribution in [2.75, 3.05) is 38.1 Å². The van der Waals surface area contributed by atoms with E-state index in [1.807, 2.05) is 30.3 Å². The molecule has 0 fully saturated rings. The van der Waals surface area contributed by atoms with Crippen molar-refractivity contribution >= 4 is 23.6 Å². The van der Waals surface area contributed by atoms with Crippen LogP contribution in [0, 0.1) is 0 Å². The van der Waals surface area contributed by atoms with Gasteiger partial charge in [0.05, 0.1) is 5.57 Å². The van der Waals surface area contributed by atoms with Gasteiger partial charge in [-0.05, 0) is 43.4 Å². The first-order valence-corrected chi connectivity index (χ1v) is 9.95. The lowest BCUT2D eigenvalue weighted by Gasteiger charge is -2.18. The summed E-state index contributed by atoms with van der Waals surface area (Å²) in [5.74, 6) is 0.383. The summed E-state index contributed by atoms with van der Waals surface area (Å²) in [6.07, 6.45) is 1.83. The first-order chi connectivity index (χ1) is 14.1. The number of carbonyl (C=O) groups is 2. The number of carbonyl (C=O) groups excluding carboxylic acids is 2. The van der Waals surface area contributed by atoms with E-state index >= 15 is 0 Å². The van der Waals surface area contributed by atoms with Crippen LogP contribution in [0.2, 0.25) is 0 Å². The zero-order chi connectivity index (χ0) is 20.6. The first kappa shape index (κ1) is 20.6. The number of ether oxygens (including phenoxy) is 1. The number of fused-ring (bicyclic) bond motifs is 1. The molecule has 2 aromatic rings. The molecular weight excluding hydrogens is 366 g/mol. The van der Waals surface area contributed by atoms with Crippen molar-refractivity contribution in [3.05, 3.63) is 65.2 Å². The number of para-hydroxylation sites is 1. The minimum Gasteiger partial charge on any atom is -0.488 e. The third kappa shape index (κ3) is 5.45. The van der Waals surface area contributed by atoms with Gasteiger partial charge in [0.15, 0.2) is 0 Å². The third-order valence-electron chi connectivity index (χ3n) is 4.91. The summed E-state index contributed by atoms with van der Waals surface area (Å²) in [5, 5.41) is 5.78. The number of likely N-dealkylation sites (N-methyl/N-ethyl adjacent to an activating group) is 1. The Bertz CT molecular complexity index is 904. The van der Waals surface area contributed by atoms with E-state index in [9.17, 15) is 9.59 Å². The zero-order valence-corrected chi connectivity index (χ0v) is 16.9. The minimum atomic E-state index is -0.237. The van der Waals surface area contributed by atoms with Crippen LogP contribution in [0.3, 0.4) is 0 Å². The molecule has 0 aromatic heterocycles. The van der Waals surface area contributed by atoms with Gasteiger partial charge >= 0.3 is 0 Å². The fourth-order valence-electron chi connectivity index (χ4n) is 3.17. The summed E-state index contributed by atoms with van der Waals surface area (Å²) in [6, 6.07) is 14.5. The molecule has 0 atom stereocenters. The molecule has 29 heavy (non-hydrogen) atoms. The van der Waals surface area contributed by atoms with Crippen molar-refractivity contribution in [2.24, 2.45) is 0 Å². The molecule has 0 spiro atoms. The highest BCUT2D eigenvalue weighted by Crippen LogP contribution is 2.26. The Morgan fingerprint density at radius 3 is 2.62 bits per heavy atom. The largest absolute Gasteiger partial charge is 0.488 e. The highest BCUT2D eigenvalue weighted by molar-refractivity contribution is 6.08. The van der Waals surface area contributed by atoms with Crippen molar-refractivity contribution in [3.63, 3.8) is 0 Å². The second-order valence-electron chi connectivity index (χ2n) is 6.81. The molecule has 0 aliphatic carbocycles. The summed E-state index contributed by atoms with van der Waals surface area (Å²) in [5.41, 5.74) is 2.51.